The fraction of sp³-hybridized carbons (Fsp3) is 0.333. The Bertz CT molecular complexity index is 845. The molecule has 1 aliphatic rings. The summed E-state index contributed by atoms with van der Waals surface area (Å²) in [5.41, 5.74) is 1.31. The number of benzene rings is 2. The Hall–Kier alpha value is -2.86. The first-order valence-electron chi connectivity index (χ1n) is 9.18. The van der Waals surface area contributed by atoms with Crippen LogP contribution in [0.1, 0.15) is 36.2 Å². The predicted molar refractivity (Wildman–Crippen MR) is 100 cm³/mol. The van der Waals surface area contributed by atoms with Crippen molar-refractivity contribution in [3.63, 3.8) is 0 Å². The zero-order valence-electron chi connectivity index (χ0n) is 15.3. The van der Waals surface area contributed by atoms with E-state index in [9.17, 15) is 0 Å². The van der Waals surface area contributed by atoms with Gasteiger partial charge in [0.25, 0.3) is 0 Å². The molecule has 1 saturated carbocycles. The molecule has 1 unspecified atom stereocenters. The molecule has 1 fully saturated rings. The molecular weight excluding hydrogens is 342 g/mol. The fourth-order valence-corrected chi connectivity index (χ4v) is 3.08. The monoisotopic (exact) mass is 365 g/mol. The van der Waals surface area contributed by atoms with Crippen molar-refractivity contribution in [2.75, 3.05) is 7.11 Å². The van der Waals surface area contributed by atoms with Crippen molar-refractivity contribution in [1.82, 2.24) is 15.5 Å². The van der Waals surface area contributed by atoms with Gasteiger partial charge in [-0.15, -0.1) is 0 Å². The van der Waals surface area contributed by atoms with Crippen molar-refractivity contribution in [2.24, 2.45) is 5.92 Å². The second-order valence-corrected chi connectivity index (χ2v) is 6.68. The van der Waals surface area contributed by atoms with Crippen molar-refractivity contribution < 1.29 is 14.0 Å². The van der Waals surface area contributed by atoms with Crippen LogP contribution in [0.15, 0.2) is 59.1 Å². The first-order valence-corrected chi connectivity index (χ1v) is 9.18. The molecule has 1 atom stereocenters. The SMILES string of the molecule is COc1ccc(OCc2noc(CNC(c3ccccc3)C3CC3)n2)cc1. The van der Waals surface area contributed by atoms with E-state index in [0.29, 0.717) is 30.2 Å². The Balaban J connectivity index is 1.31. The van der Waals surface area contributed by atoms with Crippen molar-refractivity contribution in [3.05, 3.63) is 71.9 Å². The number of nitrogens with zero attached hydrogens (tertiary/aromatic N) is 2. The van der Waals surface area contributed by atoms with Crippen molar-refractivity contribution in [1.29, 1.82) is 0 Å². The van der Waals surface area contributed by atoms with E-state index in [1.54, 1.807) is 7.11 Å². The van der Waals surface area contributed by atoms with Gasteiger partial charge in [0.15, 0.2) is 6.61 Å². The molecule has 4 rings (SSSR count). The zero-order chi connectivity index (χ0) is 18.5. The van der Waals surface area contributed by atoms with Crippen LogP contribution in [-0.2, 0) is 13.2 Å². The highest BCUT2D eigenvalue weighted by Gasteiger charge is 2.32. The average molecular weight is 365 g/mol. The summed E-state index contributed by atoms with van der Waals surface area (Å²) < 4.78 is 16.2. The average Bonchev–Trinajstić information content (AvgIpc) is 3.46. The quantitative estimate of drug-likeness (QED) is 0.620. The number of ether oxygens (including phenoxy) is 2. The van der Waals surface area contributed by atoms with E-state index in [4.69, 9.17) is 14.0 Å². The van der Waals surface area contributed by atoms with Crippen LogP contribution in [0.4, 0.5) is 0 Å². The third kappa shape index (κ3) is 4.65. The van der Waals surface area contributed by atoms with E-state index in [0.717, 1.165) is 11.5 Å². The lowest BCUT2D eigenvalue weighted by Crippen LogP contribution is -2.22. The van der Waals surface area contributed by atoms with Gasteiger partial charge >= 0.3 is 0 Å². The Morgan fingerprint density at radius 2 is 1.81 bits per heavy atom. The molecule has 27 heavy (non-hydrogen) atoms. The van der Waals surface area contributed by atoms with Gasteiger partial charge in [0.2, 0.25) is 11.7 Å². The summed E-state index contributed by atoms with van der Waals surface area (Å²) in [7, 11) is 1.64. The molecule has 3 aromatic rings. The molecule has 140 valence electrons. The third-order valence-corrected chi connectivity index (χ3v) is 4.66. The first-order chi connectivity index (χ1) is 13.3. The van der Waals surface area contributed by atoms with Gasteiger partial charge in [0.1, 0.15) is 11.5 Å². The largest absolute Gasteiger partial charge is 0.497 e. The molecule has 0 spiro atoms. The number of hydrogen-bond donors (Lipinski definition) is 1. The molecule has 1 aliphatic carbocycles. The van der Waals surface area contributed by atoms with Crippen LogP contribution in [0.2, 0.25) is 0 Å². The molecule has 0 saturated heterocycles. The summed E-state index contributed by atoms with van der Waals surface area (Å²) in [5, 5.41) is 7.56. The summed E-state index contributed by atoms with van der Waals surface area (Å²) in [5.74, 6) is 3.32. The lowest BCUT2D eigenvalue weighted by Gasteiger charge is -2.17. The molecule has 6 nitrogen and oxygen atoms in total. The van der Waals surface area contributed by atoms with E-state index >= 15 is 0 Å². The minimum atomic E-state index is 0.264. The molecule has 0 radical (unpaired) electrons. The molecule has 0 aliphatic heterocycles. The second kappa shape index (κ2) is 8.22. The van der Waals surface area contributed by atoms with Crippen molar-refractivity contribution in [3.8, 4) is 11.5 Å². The van der Waals surface area contributed by atoms with E-state index in [1.165, 1.54) is 18.4 Å². The summed E-state index contributed by atoms with van der Waals surface area (Å²) in [6.07, 6.45) is 2.52. The predicted octanol–water partition coefficient (Wildman–Crippen LogP) is 3.90. The zero-order valence-corrected chi connectivity index (χ0v) is 15.3. The molecule has 0 bridgehead atoms. The van der Waals surface area contributed by atoms with Crippen LogP contribution in [0.5, 0.6) is 11.5 Å². The number of rotatable bonds is 9. The lowest BCUT2D eigenvalue weighted by molar-refractivity contribution is 0.283. The highest BCUT2D eigenvalue weighted by Crippen LogP contribution is 2.41. The number of aromatic nitrogens is 2. The Morgan fingerprint density at radius 1 is 1.07 bits per heavy atom. The van der Waals surface area contributed by atoms with E-state index in [-0.39, 0.29) is 6.61 Å². The molecule has 2 aromatic carbocycles. The maximum Gasteiger partial charge on any atom is 0.240 e. The summed E-state index contributed by atoms with van der Waals surface area (Å²) in [6.45, 7) is 0.812. The van der Waals surface area contributed by atoms with Crippen LogP contribution in [-0.4, -0.2) is 17.3 Å². The maximum atomic E-state index is 5.69. The molecule has 0 amide bonds. The van der Waals surface area contributed by atoms with Gasteiger partial charge in [0.05, 0.1) is 13.7 Å². The fourth-order valence-electron chi connectivity index (χ4n) is 3.08. The number of methoxy groups -OCH3 is 1. The van der Waals surface area contributed by atoms with Crippen LogP contribution in [0.25, 0.3) is 0 Å². The van der Waals surface area contributed by atoms with E-state index in [2.05, 4.69) is 39.7 Å². The molecule has 1 heterocycles. The van der Waals surface area contributed by atoms with E-state index < -0.39 is 0 Å². The maximum absolute atomic E-state index is 5.69. The van der Waals surface area contributed by atoms with Gasteiger partial charge in [-0.2, -0.15) is 4.98 Å². The third-order valence-electron chi connectivity index (χ3n) is 4.66. The van der Waals surface area contributed by atoms with Crippen molar-refractivity contribution >= 4 is 0 Å². The summed E-state index contributed by atoms with van der Waals surface area (Å²) >= 11 is 0. The van der Waals surface area contributed by atoms with Gasteiger partial charge in [-0.1, -0.05) is 35.5 Å². The van der Waals surface area contributed by atoms with E-state index in [1.807, 2.05) is 30.3 Å². The minimum absolute atomic E-state index is 0.264. The van der Waals surface area contributed by atoms with Crippen LogP contribution < -0.4 is 14.8 Å². The summed E-state index contributed by atoms with van der Waals surface area (Å²) in [4.78, 5) is 4.41. The highest BCUT2D eigenvalue weighted by molar-refractivity contribution is 5.31. The van der Waals surface area contributed by atoms with Crippen LogP contribution in [0, 0.1) is 5.92 Å². The van der Waals surface area contributed by atoms with Crippen molar-refractivity contribution in [2.45, 2.75) is 32.0 Å². The minimum Gasteiger partial charge on any atom is -0.497 e. The molecule has 1 N–H and O–H groups in total. The Labute approximate surface area is 158 Å². The summed E-state index contributed by atoms with van der Waals surface area (Å²) in [6, 6.07) is 18.3. The Morgan fingerprint density at radius 3 is 2.52 bits per heavy atom. The first kappa shape index (κ1) is 17.5. The highest BCUT2D eigenvalue weighted by atomic mass is 16.5. The molecule has 1 aromatic heterocycles. The topological polar surface area (TPSA) is 69.4 Å². The second-order valence-electron chi connectivity index (χ2n) is 6.68. The number of nitrogens with one attached hydrogen (secondary N) is 1. The van der Waals surface area contributed by atoms with Crippen LogP contribution in [0.3, 0.4) is 0 Å². The normalized spacial score (nSPS) is 14.7. The van der Waals surface area contributed by atoms with Gasteiger partial charge in [-0.25, -0.2) is 0 Å². The molecular formula is C21H23N3O3. The smallest absolute Gasteiger partial charge is 0.240 e. The van der Waals surface area contributed by atoms with Gasteiger partial charge in [-0.05, 0) is 48.6 Å². The number of hydrogen-bond acceptors (Lipinski definition) is 6. The van der Waals surface area contributed by atoms with Gasteiger partial charge in [-0.3, -0.25) is 0 Å². The van der Waals surface area contributed by atoms with Gasteiger partial charge in [0, 0.05) is 6.04 Å². The Kier molecular flexibility index (Phi) is 5.34. The van der Waals surface area contributed by atoms with Gasteiger partial charge < -0.3 is 19.3 Å². The molecule has 6 heteroatoms. The van der Waals surface area contributed by atoms with Crippen LogP contribution >= 0.6 is 0 Å². The standard InChI is InChI=1S/C21H23N3O3/c1-25-17-9-11-18(12-10-17)26-14-19-23-20(27-24-19)13-22-21(16-7-8-16)15-5-3-2-4-6-15/h2-6,9-12,16,21-22H,7-8,13-14H2,1H3. The lowest BCUT2D eigenvalue weighted by atomic mass is 10.0.